The third-order valence-corrected chi connectivity index (χ3v) is 3.95. The highest BCUT2D eigenvalue weighted by molar-refractivity contribution is 5.46. The van der Waals surface area contributed by atoms with Gasteiger partial charge in [0.2, 0.25) is 6.41 Å². The minimum atomic E-state index is 0.0196. The summed E-state index contributed by atoms with van der Waals surface area (Å²) in [7, 11) is 0. The summed E-state index contributed by atoms with van der Waals surface area (Å²) in [5.41, 5.74) is 0. The zero-order valence-corrected chi connectivity index (χ0v) is 11.3. The number of rotatable bonds is 1. The molecule has 0 unspecified atom stereocenters. The van der Waals surface area contributed by atoms with E-state index in [0.717, 1.165) is 44.2 Å². The van der Waals surface area contributed by atoms with E-state index in [2.05, 4.69) is 13.8 Å². The van der Waals surface area contributed by atoms with Gasteiger partial charge in [-0.05, 0) is 50.4 Å². The standard InChI is InChI=1S/C7H13NO.C7H14O/c1-7-2-4-8(6-9)5-3-7;1-6-2-4-7(8)5-3-6/h6-7H,2-5H2,1H3;6-8H,2-5H2,1H3. The number of hydrogen-bond acceptors (Lipinski definition) is 2. The molecular formula is C14H27NO2. The third kappa shape index (κ3) is 6.06. The molecule has 0 aromatic rings. The van der Waals surface area contributed by atoms with Gasteiger partial charge in [-0.2, -0.15) is 0 Å². The van der Waals surface area contributed by atoms with E-state index < -0.39 is 0 Å². The first-order chi connectivity index (χ1) is 8.11. The summed E-state index contributed by atoms with van der Waals surface area (Å²) < 4.78 is 0. The van der Waals surface area contributed by atoms with Crippen LogP contribution in [0.3, 0.4) is 0 Å². The Bertz CT molecular complexity index is 194. The van der Waals surface area contributed by atoms with Gasteiger partial charge in [-0.25, -0.2) is 0 Å². The molecular weight excluding hydrogens is 214 g/mol. The fraction of sp³-hybridized carbons (Fsp3) is 0.929. The van der Waals surface area contributed by atoms with E-state index in [9.17, 15) is 4.79 Å². The average Bonchev–Trinajstić information content (AvgIpc) is 2.35. The number of amides is 1. The molecule has 2 fully saturated rings. The minimum absolute atomic E-state index is 0.0196. The van der Waals surface area contributed by atoms with Crippen LogP contribution in [-0.4, -0.2) is 35.6 Å². The van der Waals surface area contributed by atoms with Crippen LogP contribution in [0.15, 0.2) is 0 Å². The van der Waals surface area contributed by atoms with Crippen LogP contribution in [0.25, 0.3) is 0 Å². The molecule has 1 amide bonds. The summed E-state index contributed by atoms with van der Waals surface area (Å²) in [6, 6.07) is 0. The maximum Gasteiger partial charge on any atom is 0.209 e. The van der Waals surface area contributed by atoms with E-state index in [1.54, 1.807) is 0 Å². The van der Waals surface area contributed by atoms with Gasteiger partial charge in [0.25, 0.3) is 0 Å². The molecule has 1 N–H and O–H groups in total. The Morgan fingerprint density at radius 1 is 0.941 bits per heavy atom. The predicted molar refractivity (Wildman–Crippen MR) is 69.7 cm³/mol. The Morgan fingerprint density at radius 3 is 1.82 bits per heavy atom. The number of nitrogens with zero attached hydrogens (tertiary/aromatic N) is 1. The van der Waals surface area contributed by atoms with Crippen LogP contribution in [0.1, 0.15) is 52.4 Å². The normalized spacial score (nSPS) is 30.4. The highest BCUT2D eigenvalue weighted by Gasteiger charge is 2.14. The number of hydrogen-bond donors (Lipinski definition) is 1. The molecule has 0 aromatic heterocycles. The largest absolute Gasteiger partial charge is 0.393 e. The van der Waals surface area contributed by atoms with E-state index >= 15 is 0 Å². The molecule has 0 radical (unpaired) electrons. The van der Waals surface area contributed by atoms with Crippen molar-refractivity contribution in [2.75, 3.05) is 13.1 Å². The van der Waals surface area contributed by atoms with Gasteiger partial charge in [-0.3, -0.25) is 4.79 Å². The number of aliphatic hydroxyl groups excluding tert-OH is 1. The lowest BCUT2D eigenvalue weighted by molar-refractivity contribution is -0.119. The van der Waals surface area contributed by atoms with Crippen molar-refractivity contribution in [1.29, 1.82) is 0 Å². The van der Waals surface area contributed by atoms with E-state index in [0.29, 0.717) is 0 Å². The SMILES string of the molecule is CC1CCC(O)CC1.CC1CCN(C=O)CC1. The van der Waals surface area contributed by atoms with Gasteiger partial charge in [-0.15, -0.1) is 0 Å². The molecule has 1 saturated heterocycles. The molecule has 1 aliphatic carbocycles. The van der Waals surface area contributed by atoms with Crippen molar-refractivity contribution in [1.82, 2.24) is 4.90 Å². The number of carbonyl (C=O) groups is 1. The van der Waals surface area contributed by atoms with Crippen molar-refractivity contribution in [2.24, 2.45) is 11.8 Å². The van der Waals surface area contributed by atoms with Gasteiger partial charge in [0.1, 0.15) is 0 Å². The van der Waals surface area contributed by atoms with E-state index in [-0.39, 0.29) is 6.10 Å². The lowest BCUT2D eigenvalue weighted by atomic mass is 9.89. The quantitative estimate of drug-likeness (QED) is 0.716. The summed E-state index contributed by atoms with van der Waals surface area (Å²) in [5.74, 6) is 1.68. The molecule has 3 heteroatoms. The molecule has 0 aromatic carbocycles. The lowest BCUT2D eigenvalue weighted by Crippen LogP contribution is -2.31. The van der Waals surface area contributed by atoms with Crippen LogP contribution in [-0.2, 0) is 4.79 Å². The second kappa shape index (κ2) is 7.70. The molecule has 1 saturated carbocycles. The average molecular weight is 241 g/mol. The van der Waals surface area contributed by atoms with Crippen LogP contribution in [0.2, 0.25) is 0 Å². The molecule has 100 valence electrons. The third-order valence-electron chi connectivity index (χ3n) is 3.95. The summed E-state index contributed by atoms with van der Waals surface area (Å²) in [4.78, 5) is 12.0. The molecule has 17 heavy (non-hydrogen) atoms. The minimum Gasteiger partial charge on any atom is -0.393 e. The molecule has 1 aliphatic heterocycles. The zero-order chi connectivity index (χ0) is 12.7. The Labute approximate surface area is 105 Å². The monoisotopic (exact) mass is 241 g/mol. The van der Waals surface area contributed by atoms with Crippen molar-refractivity contribution in [3.63, 3.8) is 0 Å². The highest BCUT2D eigenvalue weighted by atomic mass is 16.3. The second-order valence-corrected chi connectivity index (χ2v) is 5.74. The first kappa shape index (κ1) is 14.5. The topological polar surface area (TPSA) is 40.5 Å². The fourth-order valence-corrected chi connectivity index (χ4v) is 2.38. The van der Waals surface area contributed by atoms with Crippen LogP contribution in [0.4, 0.5) is 0 Å². The molecule has 0 atom stereocenters. The van der Waals surface area contributed by atoms with Crippen molar-refractivity contribution >= 4 is 6.41 Å². The highest BCUT2D eigenvalue weighted by Crippen LogP contribution is 2.22. The molecule has 2 rings (SSSR count). The number of carbonyl (C=O) groups excluding carboxylic acids is 1. The van der Waals surface area contributed by atoms with Gasteiger partial charge in [0.05, 0.1) is 6.10 Å². The summed E-state index contributed by atoms with van der Waals surface area (Å²) in [6.45, 7) is 6.42. The maximum atomic E-state index is 10.2. The van der Waals surface area contributed by atoms with Gasteiger partial charge in [0, 0.05) is 13.1 Å². The van der Waals surface area contributed by atoms with Gasteiger partial charge >= 0.3 is 0 Å². The van der Waals surface area contributed by atoms with Gasteiger partial charge in [0.15, 0.2) is 0 Å². The van der Waals surface area contributed by atoms with E-state index in [4.69, 9.17) is 5.11 Å². The Balaban J connectivity index is 0.000000171. The molecule has 3 nitrogen and oxygen atoms in total. The summed E-state index contributed by atoms with van der Waals surface area (Å²) >= 11 is 0. The Kier molecular flexibility index (Phi) is 6.56. The number of piperidine rings is 1. The van der Waals surface area contributed by atoms with Crippen molar-refractivity contribution in [3.8, 4) is 0 Å². The number of aliphatic hydroxyl groups is 1. The lowest BCUT2D eigenvalue weighted by Gasteiger charge is -2.26. The first-order valence-corrected chi connectivity index (χ1v) is 6.99. The predicted octanol–water partition coefficient (Wildman–Crippen LogP) is 2.43. The van der Waals surface area contributed by atoms with Gasteiger partial charge < -0.3 is 10.0 Å². The summed E-state index contributed by atoms with van der Waals surface area (Å²) in [5, 5.41) is 9.03. The molecule has 2 aliphatic rings. The molecule has 0 spiro atoms. The molecule has 0 bridgehead atoms. The molecule has 1 heterocycles. The number of likely N-dealkylation sites (tertiary alicyclic amines) is 1. The van der Waals surface area contributed by atoms with Crippen LogP contribution in [0.5, 0.6) is 0 Å². The van der Waals surface area contributed by atoms with E-state index in [1.807, 2.05) is 4.90 Å². The fourth-order valence-electron chi connectivity index (χ4n) is 2.38. The van der Waals surface area contributed by atoms with Crippen molar-refractivity contribution in [3.05, 3.63) is 0 Å². The van der Waals surface area contributed by atoms with Crippen LogP contribution in [0, 0.1) is 11.8 Å². The smallest absolute Gasteiger partial charge is 0.209 e. The Morgan fingerprint density at radius 2 is 1.41 bits per heavy atom. The van der Waals surface area contributed by atoms with Crippen molar-refractivity contribution < 1.29 is 9.90 Å². The maximum absolute atomic E-state index is 10.2. The zero-order valence-electron chi connectivity index (χ0n) is 11.3. The van der Waals surface area contributed by atoms with Crippen LogP contribution >= 0.6 is 0 Å². The first-order valence-electron chi connectivity index (χ1n) is 6.99. The Hall–Kier alpha value is -0.570. The summed E-state index contributed by atoms with van der Waals surface area (Å²) in [6.07, 6.45) is 7.83. The van der Waals surface area contributed by atoms with Gasteiger partial charge in [-0.1, -0.05) is 13.8 Å². The van der Waals surface area contributed by atoms with Crippen molar-refractivity contribution in [2.45, 2.75) is 58.5 Å². The van der Waals surface area contributed by atoms with E-state index in [1.165, 1.54) is 25.7 Å². The van der Waals surface area contributed by atoms with Crippen LogP contribution < -0.4 is 0 Å². The second-order valence-electron chi connectivity index (χ2n) is 5.74.